The Morgan fingerprint density at radius 3 is 2.62 bits per heavy atom. The van der Waals surface area contributed by atoms with Gasteiger partial charge in [-0.15, -0.1) is 0 Å². The molecule has 0 bridgehead atoms. The number of benzene rings is 1. The number of nitrogens with one attached hydrogen (secondary N) is 1. The van der Waals surface area contributed by atoms with Crippen molar-refractivity contribution in [1.29, 1.82) is 0 Å². The van der Waals surface area contributed by atoms with Crippen LogP contribution in [0.2, 0.25) is 0 Å². The van der Waals surface area contributed by atoms with Gasteiger partial charge in [-0.2, -0.15) is 0 Å². The van der Waals surface area contributed by atoms with Gasteiger partial charge in [-0.25, -0.2) is 8.78 Å². The van der Waals surface area contributed by atoms with Crippen LogP contribution in [0.5, 0.6) is 0 Å². The highest BCUT2D eigenvalue weighted by Gasteiger charge is 2.31. The molecule has 1 heterocycles. The van der Waals surface area contributed by atoms with Gasteiger partial charge in [0.05, 0.1) is 0 Å². The van der Waals surface area contributed by atoms with Crippen LogP contribution < -0.4 is 11.1 Å². The number of hydrogen-bond acceptors (Lipinski definition) is 2. The fourth-order valence-electron chi connectivity index (χ4n) is 2.07. The Kier molecular flexibility index (Phi) is 4.80. The molecule has 21 heavy (non-hydrogen) atoms. The number of nitrogens with zero attached hydrogens (tertiary/aromatic N) is 1. The quantitative estimate of drug-likeness (QED) is 0.506. The average molecular weight is 330 g/mol. The maximum absolute atomic E-state index is 13.6. The minimum absolute atomic E-state index is 0.0230. The molecule has 0 spiro atoms. The number of alkyl halides is 1. The van der Waals surface area contributed by atoms with Crippen molar-refractivity contribution in [2.45, 2.75) is 11.5 Å². The summed E-state index contributed by atoms with van der Waals surface area (Å²) in [5, 5.41) is 1.65. The van der Waals surface area contributed by atoms with E-state index in [1.165, 1.54) is 18.2 Å². The van der Waals surface area contributed by atoms with E-state index in [-0.39, 0.29) is 23.6 Å². The molecule has 3 nitrogen and oxygen atoms in total. The van der Waals surface area contributed by atoms with Crippen molar-refractivity contribution in [1.82, 2.24) is 10.2 Å². The Balaban J connectivity index is 2.12. The summed E-state index contributed by atoms with van der Waals surface area (Å²) in [6.07, 6.45) is 7.02. The Bertz CT molecular complexity index is 586. The zero-order valence-corrected chi connectivity index (χ0v) is 12.6. The molecule has 1 aromatic rings. The Labute approximate surface area is 132 Å². The number of allylic oxidation sites excluding steroid dienone is 2. The van der Waals surface area contributed by atoms with Crippen molar-refractivity contribution < 1.29 is 8.78 Å². The average Bonchev–Trinajstić information content (AvgIpc) is 2.39. The second-order valence-electron chi connectivity index (χ2n) is 4.51. The van der Waals surface area contributed by atoms with E-state index in [1.54, 1.807) is 29.3 Å². The van der Waals surface area contributed by atoms with Crippen LogP contribution in [0.4, 0.5) is 8.78 Å². The molecule has 0 saturated heterocycles. The fourth-order valence-corrected chi connectivity index (χ4v) is 2.59. The molecule has 1 aliphatic rings. The van der Waals surface area contributed by atoms with Crippen LogP contribution in [0, 0.1) is 11.6 Å². The van der Waals surface area contributed by atoms with E-state index in [0.717, 1.165) is 0 Å². The summed E-state index contributed by atoms with van der Waals surface area (Å²) in [5.74, 6) is -1.15. The van der Waals surface area contributed by atoms with E-state index < -0.39 is 16.8 Å². The molecular weight excluding hydrogens is 316 g/mol. The fraction of sp³-hybridized carbons (Fsp3) is 0.214. The number of thiocarbonyl (C=S) groups is 1. The van der Waals surface area contributed by atoms with Crippen molar-refractivity contribution in [3.8, 4) is 0 Å². The van der Waals surface area contributed by atoms with Gasteiger partial charge in [0.1, 0.15) is 11.6 Å². The van der Waals surface area contributed by atoms with Crippen LogP contribution in [0.25, 0.3) is 0 Å². The monoisotopic (exact) mass is 329 g/mol. The first-order chi connectivity index (χ1) is 9.92. The largest absolute Gasteiger partial charge is 0.376 e. The Morgan fingerprint density at radius 1 is 1.33 bits per heavy atom. The van der Waals surface area contributed by atoms with Crippen LogP contribution in [0.15, 0.2) is 42.6 Å². The number of halogens is 3. The molecule has 2 rings (SSSR count). The van der Waals surface area contributed by atoms with Crippen molar-refractivity contribution >= 4 is 28.9 Å². The van der Waals surface area contributed by atoms with Gasteiger partial charge in [0.25, 0.3) is 0 Å². The zero-order chi connectivity index (χ0) is 15.5. The molecular formula is C14H14ClF2N3S. The highest BCUT2D eigenvalue weighted by molar-refractivity contribution is 7.80. The minimum Gasteiger partial charge on any atom is -0.376 e. The molecule has 112 valence electrons. The number of rotatable bonds is 4. The third-order valence-electron chi connectivity index (χ3n) is 3.08. The summed E-state index contributed by atoms with van der Waals surface area (Å²) in [6.45, 7) is 0.289. The van der Waals surface area contributed by atoms with Crippen LogP contribution in [0.1, 0.15) is 5.56 Å². The lowest BCUT2D eigenvalue weighted by molar-refractivity contribution is 0.262. The van der Waals surface area contributed by atoms with E-state index in [0.29, 0.717) is 0 Å². The zero-order valence-electron chi connectivity index (χ0n) is 11.0. The maximum atomic E-state index is 13.6. The topological polar surface area (TPSA) is 41.3 Å². The minimum atomic E-state index is -1.14. The summed E-state index contributed by atoms with van der Waals surface area (Å²) in [5.41, 5.74) is 5.48. The molecule has 0 aromatic heterocycles. The predicted octanol–water partition coefficient (Wildman–Crippen LogP) is 2.62. The lowest BCUT2D eigenvalue weighted by atomic mass is 10.1. The standard InChI is InChI=1S/C14H14ClF2N3S/c15-14(19-13(18)21)7-1-2-8-20(14)9-6-10-11(16)4-3-5-12(10)17/h1-5,7-8H,6,9H2,(H3,18,19,21). The van der Waals surface area contributed by atoms with Crippen molar-refractivity contribution in [3.63, 3.8) is 0 Å². The predicted molar refractivity (Wildman–Crippen MR) is 83.6 cm³/mol. The molecule has 7 heteroatoms. The van der Waals surface area contributed by atoms with Gasteiger partial charge in [0.2, 0.25) is 5.12 Å². The Morgan fingerprint density at radius 2 is 2.00 bits per heavy atom. The third-order valence-corrected chi connectivity index (χ3v) is 3.61. The van der Waals surface area contributed by atoms with Gasteiger partial charge in [-0.3, -0.25) is 0 Å². The van der Waals surface area contributed by atoms with Gasteiger partial charge in [0, 0.05) is 18.3 Å². The molecule has 1 aromatic carbocycles. The van der Waals surface area contributed by atoms with Crippen molar-refractivity contribution in [2.24, 2.45) is 5.73 Å². The summed E-state index contributed by atoms with van der Waals surface area (Å²) >= 11 is 11.2. The first-order valence-corrected chi connectivity index (χ1v) is 7.03. The summed E-state index contributed by atoms with van der Waals surface area (Å²) in [7, 11) is 0. The summed E-state index contributed by atoms with van der Waals surface area (Å²) in [4.78, 5) is 1.67. The summed E-state index contributed by atoms with van der Waals surface area (Å²) < 4.78 is 27.3. The van der Waals surface area contributed by atoms with E-state index in [9.17, 15) is 8.78 Å². The van der Waals surface area contributed by atoms with Gasteiger partial charge in [-0.05, 0) is 42.9 Å². The first-order valence-electron chi connectivity index (χ1n) is 6.24. The van der Waals surface area contributed by atoms with Crippen LogP contribution in [-0.2, 0) is 6.42 Å². The Hall–Kier alpha value is -1.66. The molecule has 0 radical (unpaired) electrons. The molecule has 3 N–H and O–H groups in total. The molecule has 0 amide bonds. The SMILES string of the molecule is NC(=S)NC1(Cl)C=CC=CN1CCc1c(F)cccc1F. The second kappa shape index (κ2) is 6.41. The van der Waals surface area contributed by atoms with Gasteiger partial charge in [0.15, 0.2) is 5.11 Å². The molecule has 1 unspecified atom stereocenters. The normalized spacial score (nSPS) is 20.6. The number of nitrogens with two attached hydrogens (primary N) is 1. The molecule has 0 aliphatic carbocycles. The molecule has 1 aliphatic heterocycles. The van der Waals surface area contributed by atoms with Crippen LogP contribution in [-0.4, -0.2) is 21.7 Å². The molecule has 0 saturated carbocycles. The second-order valence-corrected chi connectivity index (χ2v) is 5.52. The van der Waals surface area contributed by atoms with E-state index in [1.807, 2.05) is 0 Å². The highest BCUT2D eigenvalue weighted by atomic mass is 35.5. The van der Waals surface area contributed by atoms with Gasteiger partial charge in [-0.1, -0.05) is 23.7 Å². The van der Waals surface area contributed by atoms with E-state index in [4.69, 9.17) is 29.6 Å². The van der Waals surface area contributed by atoms with Crippen molar-refractivity contribution in [3.05, 3.63) is 59.8 Å². The van der Waals surface area contributed by atoms with E-state index in [2.05, 4.69) is 5.32 Å². The highest BCUT2D eigenvalue weighted by Crippen LogP contribution is 2.24. The van der Waals surface area contributed by atoms with Gasteiger partial charge >= 0.3 is 0 Å². The summed E-state index contributed by atoms with van der Waals surface area (Å²) in [6, 6.07) is 3.79. The van der Waals surface area contributed by atoms with Crippen LogP contribution >= 0.6 is 23.8 Å². The number of hydrogen-bond donors (Lipinski definition) is 2. The van der Waals surface area contributed by atoms with Crippen molar-refractivity contribution in [2.75, 3.05) is 6.54 Å². The lowest BCUT2D eigenvalue weighted by Gasteiger charge is -2.38. The first kappa shape index (κ1) is 15.7. The molecule has 1 atom stereocenters. The molecule has 0 fully saturated rings. The third kappa shape index (κ3) is 3.71. The van der Waals surface area contributed by atoms with Crippen LogP contribution in [0.3, 0.4) is 0 Å². The van der Waals surface area contributed by atoms with Gasteiger partial charge < -0.3 is 16.0 Å². The lowest BCUT2D eigenvalue weighted by Crippen LogP contribution is -2.56. The maximum Gasteiger partial charge on any atom is 0.210 e. The van der Waals surface area contributed by atoms with E-state index >= 15 is 0 Å². The smallest absolute Gasteiger partial charge is 0.210 e.